The van der Waals surface area contributed by atoms with Crippen LogP contribution in [0.3, 0.4) is 0 Å². The minimum absolute atomic E-state index is 0.152. The van der Waals surface area contributed by atoms with Crippen molar-refractivity contribution in [3.05, 3.63) is 72.3 Å². The first-order chi connectivity index (χ1) is 8.25. The van der Waals surface area contributed by atoms with Gasteiger partial charge in [-0.2, -0.15) is 4.57 Å². The molecule has 0 bridgehead atoms. The van der Waals surface area contributed by atoms with Gasteiger partial charge in [-0.15, -0.1) is 0 Å². The summed E-state index contributed by atoms with van der Waals surface area (Å²) in [5.41, 5.74) is 0.471. The number of halogens is 1. The number of ketones is 1. The maximum absolute atomic E-state index is 12.7. The number of carbonyl (C=O) groups is 1. The average Bonchev–Trinajstić information content (AvgIpc) is 2.38. The Labute approximate surface area is 98.7 Å². The van der Waals surface area contributed by atoms with Gasteiger partial charge in [-0.05, 0) is 24.3 Å². The zero-order chi connectivity index (χ0) is 12.1. The fraction of sp³-hybridized carbons (Fsp3) is 0. The first-order valence-electron chi connectivity index (χ1n) is 5.19. The molecule has 3 heteroatoms. The Balaban J connectivity index is 2.12. The second-order valence-corrected chi connectivity index (χ2v) is 3.51. The molecule has 17 heavy (non-hydrogen) atoms. The van der Waals surface area contributed by atoms with Crippen molar-refractivity contribution < 1.29 is 13.8 Å². The normalized spacial score (nSPS) is 10.6. The minimum Gasteiger partial charge on any atom is -0.289 e. The molecule has 1 aromatic carbocycles. The third-order valence-electron chi connectivity index (χ3n) is 2.27. The van der Waals surface area contributed by atoms with Crippen molar-refractivity contribution in [2.75, 3.05) is 0 Å². The van der Waals surface area contributed by atoms with Gasteiger partial charge in [0.25, 0.3) is 0 Å². The Kier molecular flexibility index (Phi) is 3.40. The molecule has 0 saturated carbocycles. The van der Waals surface area contributed by atoms with Crippen molar-refractivity contribution in [3.8, 4) is 0 Å². The van der Waals surface area contributed by atoms with Gasteiger partial charge in [0, 0.05) is 17.7 Å². The Morgan fingerprint density at radius 2 is 1.71 bits per heavy atom. The van der Waals surface area contributed by atoms with E-state index in [4.69, 9.17) is 0 Å². The number of hydrogen-bond acceptors (Lipinski definition) is 1. The van der Waals surface area contributed by atoms with E-state index in [1.165, 1.54) is 30.3 Å². The van der Waals surface area contributed by atoms with Gasteiger partial charge in [0.15, 0.2) is 24.4 Å². The lowest BCUT2D eigenvalue weighted by Crippen LogP contribution is -2.23. The van der Waals surface area contributed by atoms with Crippen LogP contribution in [-0.2, 0) is 0 Å². The van der Waals surface area contributed by atoms with Gasteiger partial charge in [0.2, 0.25) is 0 Å². The lowest BCUT2D eigenvalue weighted by Gasteiger charge is -1.93. The number of pyridine rings is 1. The van der Waals surface area contributed by atoms with Gasteiger partial charge in [0.05, 0.1) is 6.08 Å². The smallest absolute Gasteiger partial charge is 0.191 e. The summed E-state index contributed by atoms with van der Waals surface area (Å²) in [6.45, 7) is 0. The molecule has 0 saturated heterocycles. The van der Waals surface area contributed by atoms with Crippen molar-refractivity contribution in [1.29, 1.82) is 0 Å². The molecule has 0 atom stereocenters. The van der Waals surface area contributed by atoms with Crippen molar-refractivity contribution in [1.82, 2.24) is 0 Å². The maximum atomic E-state index is 12.7. The van der Waals surface area contributed by atoms with Crippen LogP contribution in [0.2, 0.25) is 0 Å². The predicted octanol–water partition coefficient (Wildman–Crippen LogP) is 2.47. The van der Waals surface area contributed by atoms with Crippen LogP contribution >= 0.6 is 0 Å². The fourth-order valence-corrected chi connectivity index (χ4v) is 1.38. The summed E-state index contributed by atoms with van der Waals surface area (Å²) in [4.78, 5) is 11.7. The quantitative estimate of drug-likeness (QED) is 0.449. The van der Waals surface area contributed by atoms with Crippen LogP contribution in [0.25, 0.3) is 6.20 Å². The summed E-state index contributed by atoms with van der Waals surface area (Å²) in [5.74, 6) is -0.496. The molecular formula is C14H11FNO+. The molecular weight excluding hydrogens is 217 g/mol. The topological polar surface area (TPSA) is 20.9 Å². The summed E-state index contributed by atoms with van der Waals surface area (Å²) in [6.07, 6.45) is 6.77. The first kappa shape index (κ1) is 11.2. The molecule has 2 nitrogen and oxygen atoms in total. The van der Waals surface area contributed by atoms with E-state index in [1.54, 1.807) is 10.8 Å². The first-order valence-corrected chi connectivity index (χ1v) is 5.19. The number of hydrogen-bond donors (Lipinski definition) is 0. The highest BCUT2D eigenvalue weighted by Gasteiger charge is 2.02. The Bertz CT molecular complexity index is 532. The van der Waals surface area contributed by atoms with E-state index in [-0.39, 0.29) is 11.6 Å². The summed E-state index contributed by atoms with van der Waals surface area (Å²) < 4.78 is 14.4. The molecule has 2 rings (SSSR count). The Morgan fingerprint density at radius 1 is 1.06 bits per heavy atom. The number of allylic oxidation sites excluding steroid dienone is 1. The van der Waals surface area contributed by atoms with E-state index < -0.39 is 0 Å². The zero-order valence-electron chi connectivity index (χ0n) is 9.08. The Morgan fingerprint density at radius 3 is 2.35 bits per heavy atom. The number of nitrogens with zero attached hydrogens (tertiary/aromatic N) is 1. The summed E-state index contributed by atoms with van der Waals surface area (Å²) >= 11 is 0. The highest BCUT2D eigenvalue weighted by atomic mass is 19.1. The van der Waals surface area contributed by atoms with E-state index >= 15 is 0 Å². The molecule has 0 aliphatic carbocycles. The fourth-order valence-electron chi connectivity index (χ4n) is 1.38. The minimum atomic E-state index is -0.344. The van der Waals surface area contributed by atoms with Crippen LogP contribution in [-0.4, -0.2) is 5.78 Å². The molecule has 0 unspecified atom stereocenters. The van der Waals surface area contributed by atoms with E-state index in [0.29, 0.717) is 5.56 Å². The number of benzene rings is 1. The van der Waals surface area contributed by atoms with Crippen LogP contribution in [0.4, 0.5) is 4.39 Å². The molecule has 0 spiro atoms. The molecule has 0 aliphatic heterocycles. The highest BCUT2D eigenvalue weighted by Crippen LogP contribution is 2.04. The molecule has 2 aromatic rings. The number of rotatable bonds is 3. The average molecular weight is 228 g/mol. The van der Waals surface area contributed by atoms with Gasteiger partial charge in [-0.25, -0.2) is 4.39 Å². The molecule has 0 amide bonds. The summed E-state index contributed by atoms with van der Waals surface area (Å²) in [5, 5.41) is 0. The molecule has 0 N–H and O–H groups in total. The summed E-state index contributed by atoms with van der Waals surface area (Å²) in [6, 6.07) is 11.1. The lowest BCUT2D eigenvalue weighted by molar-refractivity contribution is -0.568. The highest BCUT2D eigenvalue weighted by molar-refractivity contribution is 6.05. The monoisotopic (exact) mass is 228 g/mol. The van der Waals surface area contributed by atoms with Crippen LogP contribution < -0.4 is 4.57 Å². The van der Waals surface area contributed by atoms with E-state index in [0.717, 1.165) is 0 Å². The van der Waals surface area contributed by atoms with Gasteiger partial charge in [-0.3, -0.25) is 4.79 Å². The number of aromatic nitrogens is 1. The SMILES string of the molecule is O=C(C=C[n+]1ccccc1)c1ccc(F)cc1. The van der Waals surface area contributed by atoms with Gasteiger partial charge >= 0.3 is 0 Å². The molecule has 1 heterocycles. The number of carbonyl (C=O) groups excluding carboxylic acids is 1. The van der Waals surface area contributed by atoms with E-state index in [2.05, 4.69) is 0 Å². The zero-order valence-corrected chi connectivity index (χ0v) is 9.08. The van der Waals surface area contributed by atoms with Gasteiger partial charge < -0.3 is 0 Å². The van der Waals surface area contributed by atoms with Crippen LogP contribution in [0.5, 0.6) is 0 Å². The molecule has 0 fully saturated rings. The van der Waals surface area contributed by atoms with Gasteiger partial charge in [-0.1, -0.05) is 6.07 Å². The third kappa shape index (κ3) is 3.08. The van der Waals surface area contributed by atoms with Crippen molar-refractivity contribution >= 4 is 12.0 Å². The maximum Gasteiger partial charge on any atom is 0.191 e. The third-order valence-corrected chi connectivity index (χ3v) is 2.27. The van der Waals surface area contributed by atoms with Crippen LogP contribution in [0.1, 0.15) is 10.4 Å². The Hall–Kier alpha value is -2.29. The van der Waals surface area contributed by atoms with Gasteiger partial charge in [0.1, 0.15) is 5.82 Å². The predicted molar refractivity (Wildman–Crippen MR) is 62.7 cm³/mol. The second kappa shape index (κ2) is 5.16. The largest absolute Gasteiger partial charge is 0.289 e. The van der Waals surface area contributed by atoms with Crippen molar-refractivity contribution in [2.24, 2.45) is 0 Å². The molecule has 1 aromatic heterocycles. The summed E-state index contributed by atoms with van der Waals surface area (Å²) in [7, 11) is 0. The standard InChI is InChI=1S/C14H11FNO/c15-13-6-4-12(5-7-13)14(17)8-11-16-9-2-1-3-10-16/h1-11H/q+1. The van der Waals surface area contributed by atoms with E-state index in [9.17, 15) is 9.18 Å². The van der Waals surface area contributed by atoms with Crippen molar-refractivity contribution in [3.63, 3.8) is 0 Å². The molecule has 0 radical (unpaired) electrons. The van der Waals surface area contributed by atoms with Crippen LogP contribution in [0.15, 0.2) is 60.9 Å². The second-order valence-electron chi connectivity index (χ2n) is 3.51. The van der Waals surface area contributed by atoms with E-state index in [1.807, 2.05) is 30.6 Å². The lowest BCUT2D eigenvalue weighted by atomic mass is 10.1. The molecule has 84 valence electrons. The molecule has 0 aliphatic rings. The van der Waals surface area contributed by atoms with Crippen molar-refractivity contribution in [2.45, 2.75) is 0 Å². The van der Waals surface area contributed by atoms with Crippen LogP contribution in [0, 0.1) is 5.82 Å².